The average Bonchev–Trinajstić information content (AvgIpc) is 2.14. The van der Waals surface area contributed by atoms with Crippen LogP contribution >= 0.6 is 0 Å². The molecule has 0 heterocycles. The van der Waals surface area contributed by atoms with Crippen molar-refractivity contribution in [3.8, 4) is 0 Å². The van der Waals surface area contributed by atoms with Gasteiger partial charge in [-0.25, -0.2) is 0 Å². The van der Waals surface area contributed by atoms with Gasteiger partial charge < -0.3 is 15.3 Å². The van der Waals surface area contributed by atoms with E-state index in [0.717, 1.165) is 0 Å². The Kier molecular flexibility index (Phi) is 4.90. The van der Waals surface area contributed by atoms with Gasteiger partial charge in [-0.05, 0) is 13.3 Å². The Bertz CT molecular complexity index is 159. The Morgan fingerprint density at radius 2 is 1.92 bits per heavy atom. The third-order valence-corrected chi connectivity index (χ3v) is 2.18. The third-order valence-electron chi connectivity index (χ3n) is 2.18. The molecule has 0 aromatic carbocycles. The number of rotatable bonds is 6. The lowest BCUT2D eigenvalue weighted by Crippen LogP contribution is -2.56. The van der Waals surface area contributed by atoms with Crippen LogP contribution in [0.15, 0.2) is 0 Å². The molecule has 0 saturated heterocycles. The van der Waals surface area contributed by atoms with Gasteiger partial charge in [-0.2, -0.15) is 0 Å². The summed E-state index contributed by atoms with van der Waals surface area (Å²) in [6.07, 6.45) is 0.470. The van der Waals surface area contributed by atoms with Crippen LogP contribution in [0.1, 0.15) is 20.3 Å². The number of hydrogen-bond donors (Lipinski definition) is 4. The topological polar surface area (TPSA) is 89.8 Å². The van der Waals surface area contributed by atoms with Gasteiger partial charge in [0.2, 0.25) is 0 Å². The van der Waals surface area contributed by atoms with Crippen LogP contribution < -0.4 is 5.32 Å². The molecule has 13 heavy (non-hydrogen) atoms. The molecule has 0 rings (SSSR count). The lowest BCUT2D eigenvalue weighted by Gasteiger charge is -2.31. The molecule has 0 amide bonds. The monoisotopic (exact) mass is 191 g/mol. The molecule has 0 fully saturated rings. The third kappa shape index (κ3) is 3.30. The van der Waals surface area contributed by atoms with Crippen LogP contribution in [0.4, 0.5) is 0 Å². The summed E-state index contributed by atoms with van der Waals surface area (Å²) < 4.78 is 0. The molecule has 78 valence electrons. The smallest absolute Gasteiger partial charge is 0.320 e. The molecule has 0 saturated carbocycles. The van der Waals surface area contributed by atoms with Crippen molar-refractivity contribution >= 4 is 5.97 Å². The zero-order chi connectivity index (χ0) is 10.5. The lowest BCUT2D eigenvalue weighted by atomic mass is 9.97. The normalized spacial score (nSPS) is 14.2. The summed E-state index contributed by atoms with van der Waals surface area (Å²) in [6, 6.07) is -0.778. The Balaban J connectivity index is 4.32. The summed E-state index contributed by atoms with van der Waals surface area (Å²) in [5, 5.41) is 29.3. The van der Waals surface area contributed by atoms with E-state index in [1.165, 1.54) is 6.92 Å². The zero-order valence-electron chi connectivity index (χ0n) is 7.95. The van der Waals surface area contributed by atoms with Crippen molar-refractivity contribution in [1.82, 2.24) is 5.32 Å². The van der Waals surface area contributed by atoms with Crippen molar-refractivity contribution < 1.29 is 20.1 Å². The van der Waals surface area contributed by atoms with E-state index in [2.05, 4.69) is 5.32 Å². The first-order valence-electron chi connectivity index (χ1n) is 4.23. The van der Waals surface area contributed by atoms with Gasteiger partial charge in [0.25, 0.3) is 0 Å². The highest BCUT2D eigenvalue weighted by Gasteiger charge is 2.29. The van der Waals surface area contributed by atoms with Crippen LogP contribution in [0.3, 0.4) is 0 Å². The highest BCUT2D eigenvalue weighted by Crippen LogP contribution is 2.09. The van der Waals surface area contributed by atoms with Crippen LogP contribution in [0.5, 0.6) is 0 Å². The molecule has 0 aromatic heterocycles. The quantitative estimate of drug-likeness (QED) is 0.440. The van der Waals surface area contributed by atoms with E-state index in [-0.39, 0.29) is 13.2 Å². The number of aliphatic hydroxyl groups is 2. The fourth-order valence-electron chi connectivity index (χ4n) is 0.988. The molecule has 0 aliphatic heterocycles. The van der Waals surface area contributed by atoms with E-state index in [9.17, 15) is 4.79 Å². The summed E-state index contributed by atoms with van der Waals surface area (Å²) in [7, 11) is 0. The molecule has 0 aliphatic rings. The first-order valence-corrected chi connectivity index (χ1v) is 4.23. The summed E-state index contributed by atoms with van der Waals surface area (Å²) >= 11 is 0. The van der Waals surface area contributed by atoms with Gasteiger partial charge in [0.15, 0.2) is 0 Å². The van der Waals surface area contributed by atoms with Crippen molar-refractivity contribution in [2.75, 3.05) is 13.2 Å². The minimum atomic E-state index is -1.00. The van der Waals surface area contributed by atoms with Crippen molar-refractivity contribution in [2.24, 2.45) is 0 Å². The number of aliphatic hydroxyl groups excluding tert-OH is 2. The maximum absolute atomic E-state index is 10.5. The van der Waals surface area contributed by atoms with Gasteiger partial charge in [-0.15, -0.1) is 0 Å². The van der Waals surface area contributed by atoms with Gasteiger partial charge in [-0.1, -0.05) is 6.92 Å². The van der Waals surface area contributed by atoms with Crippen LogP contribution in [-0.4, -0.2) is 46.1 Å². The zero-order valence-corrected chi connectivity index (χ0v) is 7.95. The van der Waals surface area contributed by atoms with Gasteiger partial charge in [0.1, 0.15) is 6.04 Å². The van der Waals surface area contributed by atoms with Crippen molar-refractivity contribution in [3.05, 3.63) is 0 Å². The molecule has 1 atom stereocenters. The van der Waals surface area contributed by atoms with Crippen LogP contribution in [0, 0.1) is 0 Å². The SMILES string of the molecule is CCC(CO)(CO)NC(C)C(=O)O. The molecule has 0 radical (unpaired) electrons. The fraction of sp³-hybridized carbons (Fsp3) is 0.875. The predicted octanol–water partition coefficient (Wildman–Crippen LogP) is -0.817. The minimum absolute atomic E-state index is 0.280. The molecule has 0 spiro atoms. The van der Waals surface area contributed by atoms with Gasteiger partial charge in [0.05, 0.1) is 18.8 Å². The van der Waals surface area contributed by atoms with Gasteiger partial charge in [0, 0.05) is 0 Å². The van der Waals surface area contributed by atoms with E-state index in [1.54, 1.807) is 6.92 Å². The number of carboxylic acid groups (broad SMARTS) is 1. The van der Waals surface area contributed by atoms with Crippen LogP contribution in [-0.2, 0) is 4.79 Å². The van der Waals surface area contributed by atoms with Crippen molar-refractivity contribution in [1.29, 1.82) is 0 Å². The Hall–Kier alpha value is -0.650. The van der Waals surface area contributed by atoms with E-state index in [0.29, 0.717) is 6.42 Å². The molecule has 4 N–H and O–H groups in total. The van der Waals surface area contributed by atoms with E-state index in [4.69, 9.17) is 15.3 Å². The Morgan fingerprint density at radius 3 is 2.15 bits per heavy atom. The molecular weight excluding hydrogens is 174 g/mol. The first-order chi connectivity index (χ1) is 6.01. The molecule has 1 unspecified atom stereocenters. The number of aliphatic carboxylic acids is 1. The molecule has 5 heteroatoms. The summed E-state index contributed by atoms with van der Waals surface area (Å²) in [5.74, 6) is -1.00. The largest absolute Gasteiger partial charge is 0.480 e. The molecule has 5 nitrogen and oxygen atoms in total. The second kappa shape index (κ2) is 5.16. The van der Waals surface area contributed by atoms with Crippen molar-refractivity contribution in [2.45, 2.75) is 31.8 Å². The molecular formula is C8H17NO4. The molecule has 0 aromatic rings. The number of hydrogen-bond acceptors (Lipinski definition) is 4. The average molecular weight is 191 g/mol. The van der Waals surface area contributed by atoms with Crippen LogP contribution in [0.25, 0.3) is 0 Å². The predicted molar refractivity (Wildman–Crippen MR) is 47.4 cm³/mol. The summed E-state index contributed by atoms with van der Waals surface area (Å²) in [4.78, 5) is 10.5. The number of carbonyl (C=O) groups is 1. The number of nitrogens with one attached hydrogen (secondary N) is 1. The maximum atomic E-state index is 10.5. The van der Waals surface area contributed by atoms with E-state index in [1.807, 2.05) is 0 Å². The first kappa shape index (κ1) is 12.3. The summed E-state index contributed by atoms with van der Waals surface area (Å²) in [5.41, 5.74) is -0.891. The highest BCUT2D eigenvalue weighted by molar-refractivity contribution is 5.72. The Morgan fingerprint density at radius 1 is 1.46 bits per heavy atom. The highest BCUT2D eigenvalue weighted by atomic mass is 16.4. The summed E-state index contributed by atoms with van der Waals surface area (Å²) in [6.45, 7) is 2.68. The second-order valence-electron chi connectivity index (χ2n) is 3.15. The van der Waals surface area contributed by atoms with E-state index >= 15 is 0 Å². The lowest BCUT2D eigenvalue weighted by molar-refractivity contribution is -0.140. The maximum Gasteiger partial charge on any atom is 0.320 e. The molecule has 0 aliphatic carbocycles. The van der Waals surface area contributed by atoms with Crippen LogP contribution in [0.2, 0.25) is 0 Å². The standard InChI is InChI=1S/C8H17NO4/c1-3-8(4-10,5-11)9-6(2)7(12)13/h6,9-11H,3-5H2,1-2H3,(H,12,13). The van der Waals surface area contributed by atoms with Crippen molar-refractivity contribution in [3.63, 3.8) is 0 Å². The van der Waals surface area contributed by atoms with E-state index < -0.39 is 17.6 Å². The fourth-order valence-corrected chi connectivity index (χ4v) is 0.988. The van der Waals surface area contributed by atoms with Gasteiger partial charge >= 0.3 is 5.97 Å². The Labute approximate surface area is 77.4 Å². The second-order valence-corrected chi connectivity index (χ2v) is 3.15. The number of carboxylic acids is 1. The minimum Gasteiger partial charge on any atom is -0.480 e. The molecule has 0 bridgehead atoms. The van der Waals surface area contributed by atoms with Gasteiger partial charge in [-0.3, -0.25) is 10.1 Å².